The zero-order chi connectivity index (χ0) is 22.1. The highest BCUT2D eigenvalue weighted by molar-refractivity contribution is 5.71. The molecular weight excluding hydrogens is 412 g/mol. The lowest BCUT2D eigenvalue weighted by Crippen LogP contribution is -2.26. The molecule has 1 heterocycles. The van der Waals surface area contributed by atoms with Gasteiger partial charge in [0, 0.05) is 22.6 Å². The van der Waals surface area contributed by atoms with Gasteiger partial charge in [0.15, 0.2) is 29.5 Å². The van der Waals surface area contributed by atoms with Crippen molar-refractivity contribution in [3.05, 3.63) is 90.0 Å². The summed E-state index contributed by atoms with van der Waals surface area (Å²) in [5, 5.41) is 9.25. The molecule has 1 fully saturated rings. The Hall–Kier alpha value is -3.16. The first-order valence-electron chi connectivity index (χ1n) is 9.52. The molecule has 160 valence electrons. The van der Waals surface area contributed by atoms with Crippen LogP contribution in [0.4, 0.5) is 17.6 Å². The maximum Gasteiger partial charge on any atom is 0.200 e. The Labute approximate surface area is 176 Å². The molecule has 0 amide bonds. The summed E-state index contributed by atoms with van der Waals surface area (Å²) in [6.07, 6.45) is 0.674. The maximum atomic E-state index is 14.8. The van der Waals surface area contributed by atoms with Crippen LogP contribution >= 0.6 is 0 Å². The summed E-state index contributed by atoms with van der Waals surface area (Å²) in [4.78, 5) is 0. The molecule has 3 aromatic carbocycles. The molecule has 0 bridgehead atoms. The fourth-order valence-corrected chi connectivity index (χ4v) is 3.39. The molecule has 1 N–H and O–H groups in total. The number of hydrogen-bond acceptors (Lipinski definition) is 3. The van der Waals surface area contributed by atoms with E-state index in [-0.39, 0.29) is 22.6 Å². The van der Waals surface area contributed by atoms with Crippen LogP contribution in [0.15, 0.2) is 61.2 Å². The number of halogens is 4. The molecule has 0 unspecified atom stereocenters. The van der Waals surface area contributed by atoms with Gasteiger partial charge in [0.1, 0.15) is 0 Å². The van der Waals surface area contributed by atoms with Gasteiger partial charge in [-0.25, -0.2) is 13.2 Å². The molecule has 4 rings (SSSR count). The lowest BCUT2D eigenvalue weighted by Gasteiger charge is -2.28. The molecule has 31 heavy (non-hydrogen) atoms. The van der Waals surface area contributed by atoms with Gasteiger partial charge in [0.25, 0.3) is 0 Å². The highest BCUT2D eigenvalue weighted by Crippen LogP contribution is 2.34. The minimum absolute atomic E-state index is 0.00457. The number of benzene rings is 3. The number of aromatic hydroxyl groups is 1. The van der Waals surface area contributed by atoms with E-state index in [0.717, 1.165) is 6.07 Å². The van der Waals surface area contributed by atoms with Crippen LogP contribution in [0.25, 0.3) is 22.3 Å². The van der Waals surface area contributed by atoms with E-state index in [1.807, 2.05) is 0 Å². The van der Waals surface area contributed by atoms with E-state index in [1.54, 1.807) is 6.08 Å². The Morgan fingerprint density at radius 1 is 0.742 bits per heavy atom. The van der Waals surface area contributed by atoms with E-state index in [1.165, 1.54) is 42.5 Å². The zero-order valence-corrected chi connectivity index (χ0v) is 16.2. The molecule has 0 atom stereocenters. The van der Waals surface area contributed by atoms with Gasteiger partial charge in [-0.05, 0) is 23.3 Å². The van der Waals surface area contributed by atoms with Crippen molar-refractivity contribution in [2.24, 2.45) is 5.92 Å². The highest BCUT2D eigenvalue weighted by atomic mass is 19.2. The first kappa shape index (κ1) is 21.1. The third-order valence-electron chi connectivity index (χ3n) is 5.19. The Morgan fingerprint density at radius 3 is 1.81 bits per heavy atom. The van der Waals surface area contributed by atoms with Crippen LogP contribution in [-0.4, -0.2) is 18.3 Å². The molecule has 0 saturated carbocycles. The van der Waals surface area contributed by atoms with Crippen LogP contribution < -0.4 is 0 Å². The van der Waals surface area contributed by atoms with Crippen LogP contribution in [0.1, 0.15) is 11.9 Å². The van der Waals surface area contributed by atoms with Gasteiger partial charge in [-0.3, -0.25) is 0 Å². The van der Waals surface area contributed by atoms with E-state index < -0.39 is 35.3 Å². The van der Waals surface area contributed by atoms with Crippen LogP contribution in [0.2, 0.25) is 0 Å². The minimum atomic E-state index is -1.35. The van der Waals surface area contributed by atoms with Crippen molar-refractivity contribution in [1.29, 1.82) is 0 Å². The fraction of sp³-hybridized carbons (Fsp3) is 0.167. The summed E-state index contributed by atoms with van der Waals surface area (Å²) >= 11 is 0. The van der Waals surface area contributed by atoms with Crippen LogP contribution in [0.5, 0.6) is 5.75 Å². The summed E-state index contributed by atoms with van der Waals surface area (Å²) in [5.74, 6) is -5.48. The first-order chi connectivity index (χ1) is 14.9. The van der Waals surface area contributed by atoms with Crippen molar-refractivity contribution in [3.63, 3.8) is 0 Å². The van der Waals surface area contributed by atoms with Crippen LogP contribution in [-0.2, 0) is 9.47 Å². The molecule has 7 heteroatoms. The Kier molecular flexibility index (Phi) is 5.80. The van der Waals surface area contributed by atoms with E-state index in [0.29, 0.717) is 24.3 Å². The third kappa shape index (κ3) is 3.94. The van der Waals surface area contributed by atoms with Gasteiger partial charge in [-0.15, -0.1) is 6.58 Å². The molecule has 3 nitrogen and oxygen atoms in total. The van der Waals surface area contributed by atoms with Gasteiger partial charge >= 0.3 is 0 Å². The van der Waals surface area contributed by atoms with Gasteiger partial charge in [0.2, 0.25) is 5.82 Å². The summed E-state index contributed by atoms with van der Waals surface area (Å²) in [5.41, 5.74) is 0.572. The summed E-state index contributed by atoms with van der Waals surface area (Å²) < 4.78 is 68.1. The van der Waals surface area contributed by atoms with Gasteiger partial charge in [-0.1, -0.05) is 42.5 Å². The normalized spacial score (nSPS) is 18.7. The van der Waals surface area contributed by atoms with Crippen molar-refractivity contribution >= 4 is 0 Å². The maximum absolute atomic E-state index is 14.8. The van der Waals surface area contributed by atoms with E-state index in [2.05, 4.69) is 6.58 Å². The minimum Gasteiger partial charge on any atom is -0.505 e. The van der Waals surface area contributed by atoms with Gasteiger partial charge < -0.3 is 14.6 Å². The second-order valence-electron chi connectivity index (χ2n) is 7.16. The quantitative estimate of drug-likeness (QED) is 0.400. The average molecular weight is 430 g/mol. The lowest BCUT2D eigenvalue weighted by molar-refractivity contribution is -0.198. The number of phenolic OH excluding ortho intramolecular Hbond substituents is 1. The lowest BCUT2D eigenvalue weighted by atomic mass is 9.98. The van der Waals surface area contributed by atoms with Crippen molar-refractivity contribution in [2.75, 3.05) is 13.2 Å². The fourth-order valence-electron chi connectivity index (χ4n) is 3.39. The topological polar surface area (TPSA) is 38.7 Å². The number of phenols is 1. The predicted molar refractivity (Wildman–Crippen MR) is 107 cm³/mol. The molecule has 1 aliphatic heterocycles. The molecule has 0 spiro atoms. The van der Waals surface area contributed by atoms with Crippen molar-refractivity contribution < 1.29 is 32.1 Å². The summed E-state index contributed by atoms with van der Waals surface area (Å²) in [7, 11) is 0. The largest absolute Gasteiger partial charge is 0.505 e. The molecule has 0 aromatic heterocycles. The summed E-state index contributed by atoms with van der Waals surface area (Å²) in [6.45, 7) is 4.25. The smallest absolute Gasteiger partial charge is 0.200 e. The van der Waals surface area contributed by atoms with E-state index >= 15 is 0 Å². The van der Waals surface area contributed by atoms with Crippen LogP contribution in [0.3, 0.4) is 0 Å². The average Bonchev–Trinajstić information content (AvgIpc) is 2.80. The van der Waals surface area contributed by atoms with Crippen molar-refractivity contribution in [2.45, 2.75) is 6.29 Å². The monoisotopic (exact) mass is 430 g/mol. The standard InChI is InChI=1S/C24H18F4O3/c1-2-13-11-30-24(31-12-13)18-8-7-16(20(25)22(18)27)14-3-5-15(6-4-14)17-9-10-19(29)23(28)21(17)26/h2-10,13,24,29H,1,11-12H2. The van der Waals surface area contributed by atoms with Gasteiger partial charge in [-0.2, -0.15) is 4.39 Å². The number of hydrogen-bond donors (Lipinski definition) is 1. The SMILES string of the molecule is C=CC1COC(c2ccc(-c3ccc(-c4ccc(O)c(F)c4F)cc3)c(F)c2F)OC1. The third-order valence-corrected chi connectivity index (χ3v) is 5.19. The van der Waals surface area contributed by atoms with Crippen LogP contribution in [0, 0.1) is 29.2 Å². The molecule has 1 saturated heterocycles. The van der Waals surface area contributed by atoms with E-state index in [9.17, 15) is 22.7 Å². The predicted octanol–water partition coefficient (Wildman–Crippen LogP) is 6.13. The van der Waals surface area contributed by atoms with Crippen molar-refractivity contribution in [3.8, 4) is 28.0 Å². The molecule has 3 aromatic rings. The number of ether oxygens (including phenoxy) is 2. The van der Waals surface area contributed by atoms with E-state index in [4.69, 9.17) is 9.47 Å². The zero-order valence-electron chi connectivity index (χ0n) is 16.2. The number of rotatable bonds is 4. The molecule has 1 aliphatic rings. The Balaban J connectivity index is 1.61. The first-order valence-corrected chi connectivity index (χ1v) is 9.52. The van der Waals surface area contributed by atoms with Gasteiger partial charge in [0.05, 0.1) is 13.2 Å². The Morgan fingerprint density at radius 2 is 1.26 bits per heavy atom. The van der Waals surface area contributed by atoms with Crippen molar-refractivity contribution in [1.82, 2.24) is 0 Å². The second kappa shape index (κ2) is 8.53. The molecule has 0 aliphatic carbocycles. The molecule has 0 radical (unpaired) electrons. The molecular formula is C24H18F4O3. The summed E-state index contributed by atoms with van der Waals surface area (Å²) in [6, 6.07) is 10.9. The Bertz CT molecular complexity index is 1120. The second-order valence-corrected chi connectivity index (χ2v) is 7.16. The highest BCUT2D eigenvalue weighted by Gasteiger charge is 2.27.